The van der Waals surface area contributed by atoms with Crippen LogP contribution < -0.4 is 10.6 Å². The Kier molecular flexibility index (Phi) is 4.86. The van der Waals surface area contributed by atoms with E-state index >= 15 is 0 Å². The Labute approximate surface area is 124 Å². The van der Waals surface area contributed by atoms with Crippen LogP contribution in [0.15, 0.2) is 34.3 Å². The number of nitrogens with zero attached hydrogens (tertiary/aromatic N) is 1. The van der Waals surface area contributed by atoms with Gasteiger partial charge in [-0.05, 0) is 19.0 Å². The van der Waals surface area contributed by atoms with Gasteiger partial charge in [-0.1, -0.05) is 27.6 Å². The first-order chi connectivity index (χ1) is 9.56. The molecule has 106 valence electrons. The van der Waals surface area contributed by atoms with E-state index in [1.807, 2.05) is 6.08 Å². The van der Waals surface area contributed by atoms with Crippen molar-refractivity contribution < 1.29 is 9.72 Å². The quantitative estimate of drug-likeness (QED) is 0.499. The summed E-state index contributed by atoms with van der Waals surface area (Å²) in [5.41, 5.74) is 1.34. The summed E-state index contributed by atoms with van der Waals surface area (Å²) in [6.45, 7) is 2.19. The van der Waals surface area contributed by atoms with Crippen molar-refractivity contribution in [2.75, 3.05) is 19.6 Å². The summed E-state index contributed by atoms with van der Waals surface area (Å²) in [6.07, 6.45) is 2.95. The fourth-order valence-electron chi connectivity index (χ4n) is 1.94. The lowest BCUT2D eigenvalue weighted by Crippen LogP contribution is -2.29. The molecule has 0 saturated heterocycles. The van der Waals surface area contributed by atoms with Crippen LogP contribution >= 0.6 is 15.9 Å². The van der Waals surface area contributed by atoms with Crippen LogP contribution in [0.5, 0.6) is 0 Å². The third-order valence-corrected chi connectivity index (χ3v) is 3.45. The average molecular weight is 340 g/mol. The standard InChI is InChI=1S/C13H14BrN3O3/c14-11-5-10(6-12(7-11)17(19)20)13(18)16-8-9-1-3-15-4-2-9/h1,5-7,15H,2-4,8H2,(H,16,18). The number of nitro groups is 1. The van der Waals surface area contributed by atoms with Gasteiger partial charge >= 0.3 is 0 Å². The molecule has 1 aromatic rings. The predicted molar refractivity (Wildman–Crippen MR) is 78.7 cm³/mol. The number of rotatable bonds is 4. The van der Waals surface area contributed by atoms with Gasteiger partial charge < -0.3 is 10.6 Å². The van der Waals surface area contributed by atoms with Crippen molar-refractivity contribution in [2.24, 2.45) is 0 Å². The normalized spacial score (nSPS) is 14.6. The highest BCUT2D eigenvalue weighted by Gasteiger charge is 2.14. The van der Waals surface area contributed by atoms with Crippen molar-refractivity contribution in [3.8, 4) is 0 Å². The minimum atomic E-state index is -0.517. The monoisotopic (exact) mass is 339 g/mol. The van der Waals surface area contributed by atoms with Gasteiger partial charge in [0.1, 0.15) is 0 Å². The first-order valence-corrected chi connectivity index (χ1v) is 6.97. The SMILES string of the molecule is O=C(NCC1=CCNCC1)c1cc(Br)cc([N+](=O)[O-])c1. The van der Waals surface area contributed by atoms with Gasteiger partial charge in [0.05, 0.1) is 4.92 Å². The van der Waals surface area contributed by atoms with E-state index in [1.165, 1.54) is 17.7 Å². The van der Waals surface area contributed by atoms with Gasteiger partial charge in [0.25, 0.3) is 11.6 Å². The summed E-state index contributed by atoms with van der Waals surface area (Å²) in [5.74, 6) is -0.311. The zero-order valence-corrected chi connectivity index (χ0v) is 12.3. The second-order valence-electron chi connectivity index (χ2n) is 4.45. The topological polar surface area (TPSA) is 84.3 Å². The number of nitro benzene ring substituents is 1. The Bertz CT molecular complexity index is 572. The molecule has 2 N–H and O–H groups in total. The lowest BCUT2D eigenvalue weighted by molar-refractivity contribution is -0.385. The molecule has 0 atom stereocenters. The molecule has 0 spiro atoms. The van der Waals surface area contributed by atoms with Crippen LogP contribution in [0.3, 0.4) is 0 Å². The van der Waals surface area contributed by atoms with Crippen LogP contribution in [-0.4, -0.2) is 30.5 Å². The Morgan fingerprint density at radius 2 is 2.25 bits per heavy atom. The minimum absolute atomic E-state index is 0.106. The molecule has 0 unspecified atom stereocenters. The lowest BCUT2D eigenvalue weighted by atomic mass is 10.1. The number of hydrogen-bond acceptors (Lipinski definition) is 4. The summed E-state index contributed by atoms with van der Waals surface area (Å²) in [5, 5.41) is 16.7. The van der Waals surface area contributed by atoms with Crippen molar-refractivity contribution in [3.63, 3.8) is 0 Å². The number of benzene rings is 1. The molecule has 1 aliphatic heterocycles. The third kappa shape index (κ3) is 3.88. The molecule has 1 aliphatic rings. The van der Waals surface area contributed by atoms with E-state index in [0.29, 0.717) is 11.0 Å². The molecule has 0 aromatic heterocycles. The largest absolute Gasteiger partial charge is 0.348 e. The van der Waals surface area contributed by atoms with E-state index in [1.54, 1.807) is 6.07 Å². The van der Waals surface area contributed by atoms with E-state index in [-0.39, 0.29) is 17.2 Å². The molecule has 6 nitrogen and oxygen atoms in total. The van der Waals surface area contributed by atoms with Gasteiger partial charge in [-0.3, -0.25) is 14.9 Å². The molecule has 1 heterocycles. The second kappa shape index (κ2) is 6.62. The van der Waals surface area contributed by atoms with Gasteiger partial charge in [0.15, 0.2) is 0 Å². The molecule has 0 radical (unpaired) electrons. The Balaban J connectivity index is 2.05. The first-order valence-electron chi connectivity index (χ1n) is 6.18. The maximum atomic E-state index is 12.0. The molecular formula is C13H14BrN3O3. The number of nitrogens with one attached hydrogen (secondary N) is 2. The molecule has 20 heavy (non-hydrogen) atoms. The molecule has 7 heteroatoms. The lowest BCUT2D eigenvalue weighted by Gasteiger charge is -2.14. The summed E-state index contributed by atoms with van der Waals surface area (Å²) in [4.78, 5) is 22.3. The smallest absolute Gasteiger partial charge is 0.271 e. The van der Waals surface area contributed by atoms with Crippen LogP contribution in [0.2, 0.25) is 0 Å². The minimum Gasteiger partial charge on any atom is -0.348 e. The number of amides is 1. The summed E-state index contributed by atoms with van der Waals surface area (Å²) in [6, 6.07) is 4.21. The van der Waals surface area contributed by atoms with Gasteiger partial charge in [-0.2, -0.15) is 0 Å². The highest BCUT2D eigenvalue weighted by atomic mass is 79.9. The van der Waals surface area contributed by atoms with Crippen molar-refractivity contribution in [1.29, 1.82) is 0 Å². The van der Waals surface area contributed by atoms with E-state index < -0.39 is 4.92 Å². The van der Waals surface area contributed by atoms with Crippen molar-refractivity contribution in [2.45, 2.75) is 6.42 Å². The Hall–Kier alpha value is -1.73. The van der Waals surface area contributed by atoms with E-state index in [9.17, 15) is 14.9 Å². The van der Waals surface area contributed by atoms with E-state index in [0.717, 1.165) is 19.5 Å². The molecule has 0 bridgehead atoms. The van der Waals surface area contributed by atoms with Crippen LogP contribution in [0.4, 0.5) is 5.69 Å². The van der Waals surface area contributed by atoms with Gasteiger partial charge in [0.2, 0.25) is 0 Å². The molecule has 1 amide bonds. The maximum absolute atomic E-state index is 12.0. The number of hydrogen-bond donors (Lipinski definition) is 2. The Morgan fingerprint density at radius 1 is 1.45 bits per heavy atom. The molecule has 1 aromatic carbocycles. The van der Waals surface area contributed by atoms with Crippen LogP contribution in [0, 0.1) is 10.1 Å². The molecule has 0 fully saturated rings. The van der Waals surface area contributed by atoms with E-state index in [2.05, 4.69) is 26.6 Å². The highest BCUT2D eigenvalue weighted by Crippen LogP contribution is 2.21. The number of halogens is 1. The second-order valence-corrected chi connectivity index (χ2v) is 5.37. The fraction of sp³-hybridized carbons (Fsp3) is 0.308. The van der Waals surface area contributed by atoms with Crippen LogP contribution in [-0.2, 0) is 0 Å². The molecule has 0 aliphatic carbocycles. The van der Waals surface area contributed by atoms with Crippen LogP contribution in [0.25, 0.3) is 0 Å². The zero-order valence-electron chi connectivity index (χ0n) is 10.7. The highest BCUT2D eigenvalue weighted by molar-refractivity contribution is 9.10. The summed E-state index contributed by atoms with van der Waals surface area (Å²) >= 11 is 3.17. The average Bonchev–Trinajstić information content (AvgIpc) is 2.45. The first kappa shape index (κ1) is 14.7. The van der Waals surface area contributed by atoms with Gasteiger partial charge in [-0.25, -0.2) is 0 Å². The predicted octanol–water partition coefficient (Wildman–Crippen LogP) is 2.01. The number of carbonyl (C=O) groups excluding carboxylic acids is 1. The molecular weight excluding hydrogens is 326 g/mol. The van der Waals surface area contributed by atoms with Crippen molar-refractivity contribution in [1.82, 2.24) is 10.6 Å². The van der Waals surface area contributed by atoms with Crippen LogP contribution in [0.1, 0.15) is 16.8 Å². The van der Waals surface area contributed by atoms with Crippen molar-refractivity contribution in [3.05, 3.63) is 50.0 Å². The molecule has 0 saturated carbocycles. The number of non-ortho nitro benzene ring substituents is 1. The number of carbonyl (C=O) groups is 1. The van der Waals surface area contributed by atoms with Gasteiger partial charge in [0, 0.05) is 35.3 Å². The van der Waals surface area contributed by atoms with Crippen molar-refractivity contribution >= 4 is 27.5 Å². The van der Waals surface area contributed by atoms with Gasteiger partial charge in [-0.15, -0.1) is 0 Å². The fourth-order valence-corrected chi connectivity index (χ4v) is 2.42. The molecule has 2 rings (SSSR count). The Morgan fingerprint density at radius 3 is 2.90 bits per heavy atom. The summed E-state index contributed by atoms with van der Waals surface area (Å²) < 4.78 is 0.512. The maximum Gasteiger partial charge on any atom is 0.271 e. The summed E-state index contributed by atoms with van der Waals surface area (Å²) in [7, 11) is 0. The van der Waals surface area contributed by atoms with E-state index in [4.69, 9.17) is 0 Å². The third-order valence-electron chi connectivity index (χ3n) is 2.99. The zero-order chi connectivity index (χ0) is 14.5.